The fourth-order valence-corrected chi connectivity index (χ4v) is 6.89. The van der Waals surface area contributed by atoms with E-state index in [-0.39, 0.29) is 43.5 Å². The first-order chi connectivity index (χ1) is 18.4. The molecule has 9 nitrogen and oxygen atoms in total. The molecule has 1 aromatic rings. The van der Waals surface area contributed by atoms with Crippen molar-refractivity contribution in [3.05, 3.63) is 35.0 Å². The molecule has 0 radical (unpaired) electrons. The lowest BCUT2D eigenvalue weighted by molar-refractivity contribution is -0.138. The second-order valence-corrected chi connectivity index (χ2v) is 12.3. The second-order valence-electron chi connectivity index (χ2n) is 10.3. The number of sulfonamides is 1. The van der Waals surface area contributed by atoms with Crippen LogP contribution < -0.4 is 10.1 Å². The van der Waals surface area contributed by atoms with Crippen molar-refractivity contribution in [2.24, 2.45) is 0 Å². The van der Waals surface area contributed by atoms with Crippen LogP contribution in [-0.2, 0) is 14.8 Å². The maximum Gasteiger partial charge on any atom is 0.390 e. The first kappa shape index (κ1) is 29.6. The molecule has 3 aliphatic heterocycles. The molecular weight excluding hydrogens is 535 g/mol. The predicted octanol–water partition coefficient (Wildman–Crippen LogP) is 2.77. The summed E-state index contributed by atoms with van der Waals surface area (Å²) in [4.78, 5) is 18.9. The molecule has 1 saturated heterocycles. The van der Waals surface area contributed by atoms with Crippen LogP contribution in [0.15, 0.2) is 34.4 Å². The zero-order valence-electron chi connectivity index (χ0n) is 22.8. The third-order valence-electron chi connectivity index (χ3n) is 7.31. The summed E-state index contributed by atoms with van der Waals surface area (Å²) in [6.45, 7) is 7.13. The fourth-order valence-electron chi connectivity index (χ4n) is 5.43. The smallest absolute Gasteiger partial charge is 0.390 e. The lowest BCUT2D eigenvalue weighted by atomic mass is 9.97. The molecule has 39 heavy (non-hydrogen) atoms. The van der Waals surface area contributed by atoms with Gasteiger partial charge in [-0.15, -0.1) is 0 Å². The highest BCUT2D eigenvalue weighted by Crippen LogP contribution is 2.40. The van der Waals surface area contributed by atoms with Crippen LogP contribution in [0.4, 0.5) is 13.2 Å². The summed E-state index contributed by atoms with van der Waals surface area (Å²) in [6, 6.07) is 4.19. The number of piperazine rings is 1. The minimum Gasteiger partial charge on any atom is -0.493 e. The molecule has 1 fully saturated rings. The standard InChI is InChI=1S/C26H38F3N5O4S/c1-4-9-33-17-21-23(30-25(35)24(21)31(3)18-33)20-16-19(6-7-22(20)38-15-5-2)39(36,37)34-13-11-32(12-14-34)10-8-26(27,28)29/h6-7,16,23H,4-5,8-15,17-18H2,1-3H3,(H,30,35). The average Bonchev–Trinajstić information content (AvgIpc) is 3.22. The van der Waals surface area contributed by atoms with Gasteiger partial charge in [-0.1, -0.05) is 13.8 Å². The molecule has 0 aromatic heterocycles. The van der Waals surface area contributed by atoms with E-state index in [0.717, 1.165) is 25.0 Å². The lowest BCUT2D eigenvalue weighted by Gasteiger charge is -2.35. The summed E-state index contributed by atoms with van der Waals surface area (Å²) >= 11 is 0. The largest absolute Gasteiger partial charge is 0.493 e. The molecule has 1 amide bonds. The predicted molar refractivity (Wildman–Crippen MR) is 141 cm³/mol. The van der Waals surface area contributed by atoms with Gasteiger partial charge >= 0.3 is 6.18 Å². The number of amides is 1. The normalized spacial score (nSPS) is 21.8. The Morgan fingerprint density at radius 3 is 2.41 bits per heavy atom. The molecule has 0 spiro atoms. The number of nitrogens with zero attached hydrogens (tertiary/aromatic N) is 4. The summed E-state index contributed by atoms with van der Waals surface area (Å²) in [5.41, 5.74) is 2.08. The van der Waals surface area contributed by atoms with E-state index in [1.165, 1.54) is 10.4 Å². The summed E-state index contributed by atoms with van der Waals surface area (Å²) in [5, 5.41) is 3.04. The van der Waals surface area contributed by atoms with Gasteiger partial charge in [-0.3, -0.25) is 9.69 Å². The number of benzene rings is 1. The van der Waals surface area contributed by atoms with E-state index in [1.807, 2.05) is 18.9 Å². The molecule has 0 aliphatic carbocycles. The zero-order chi connectivity index (χ0) is 28.4. The second kappa shape index (κ2) is 12.0. The Balaban J connectivity index is 1.60. The van der Waals surface area contributed by atoms with Crippen molar-refractivity contribution in [1.82, 2.24) is 24.3 Å². The van der Waals surface area contributed by atoms with E-state index in [4.69, 9.17) is 4.74 Å². The molecule has 13 heteroatoms. The molecule has 0 saturated carbocycles. The number of hydrogen-bond acceptors (Lipinski definition) is 7. The van der Waals surface area contributed by atoms with Gasteiger partial charge in [-0.25, -0.2) is 8.42 Å². The Hall–Kier alpha value is -2.35. The average molecular weight is 574 g/mol. The van der Waals surface area contributed by atoms with E-state index >= 15 is 0 Å². The number of ether oxygens (including phenoxy) is 1. The highest BCUT2D eigenvalue weighted by atomic mass is 32.2. The highest BCUT2D eigenvalue weighted by molar-refractivity contribution is 7.89. The van der Waals surface area contributed by atoms with Gasteiger partial charge < -0.3 is 19.9 Å². The first-order valence-corrected chi connectivity index (χ1v) is 14.9. The van der Waals surface area contributed by atoms with Crippen LogP contribution in [0.25, 0.3) is 0 Å². The fraction of sp³-hybridized carbons (Fsp3) is 0.654. The Morgan fingerprint density at radius 2 is 1.77 bits per heavy atom. The molecule has 0 bridgehead atoms. The lowest BCUT2D eigenvalue weighted by Crippen LogP contribution is -2.49. The van der Waals surface area contributed by atoms with Crippen molar-refractivity contribution in [3.8, 4) is 5.75 Å². The molecule has 1 unspecified atom stereocenters. The number of rotatable bonds is 10. The Kier molecular flexibility index (Phi) is 9.14. The molecule has 218 valence electrons. The van der Waals surface area contributed by atoms with Gasteiger partial charge in [0.25, 0.3) is 5.91 Å². The quantitative estimate of drug-likeness (QED) is 0.461. The van der Waals surface area contributed by atoms with E-state index in [2.05, 4.69) is 17.1 Å². The van der Waals surface area contributed by atoms with Crippen molar-refractivity contribution in [2.75, 3.05) is 66.1 Å². The van der Waals surface area contributed by atoms with Gasteiger partial charge in [0, 0.05) is 51.9 Å². The molecule has 1 N–H and O–H groups in total. The van der Waals surface area contributed by atoms with Gasteiger partial charge in [0.2, 0.25) is 10.0 Å². The monoisotopic (exact) mass is 573 g/mol. The number of carbonyl (C=O) groups excluding carboxylic acids is 1. The van der Waals surface area contributed by atoms with E-state index in [9.17, 15) is 26.4 Å². The highest BCUT2D eigenvalue weighted by Gasteiger charge is 2.40. The number of halogens is 3. The summed E-state index contributed by atoms with van der Waals surface area (Å²) in [5.74, 6) is 0.320. The van der Waals surface area contributed by atoms with Gasteiger partial charge in [-0.2, -0.15) is 17.5 Å². The molecule has 1 atom stereocenters. The Morgan fingerprint density at radius 1 is 1.05 bits per heavy atom. The van der Waals surface area contributed by atoms with Gasteiger partial charge in [0.15, 0.2) is 0 Å². The summed E-state index contributed by atoms with van der Waals surface area (Å²) < 4.78 is 72.3. The van der Waals surface area contributed by atoms with Gasteiger partial charge in [0.1, 0.15) is 11.4 Å². The van der Waals surface area contributed by atoms with Crippen LogP contribution in [0.3, 0.4) is 0 Å². The molecule has 4 rings (SSSR count). The number of nitrogens with one attached hydrogen (secondary N) is 1. The third-order valence-corrected chi connectivity index (χ3v) is 9.20. The maximum absolute atomic E-state index is 13.6. The van der Waals surface area contributed by atoms with Crippen LogP contribution in [-0.4, -0.2) is 106 Å². The SMILES string of the molecule is CCCOc1ccc(S(=O)(=O)N2CCN(CCC(F)(F)F)CC2)cc1C1NC(=O)C2=C1CN(CCC)CN2C. The number of carbonyl (C=O) groups is 1. The minimum absolute atomic E-state index is 0.0722. The van der Waals surface area contributed by atoms with Crippen LogP contribution >= 0.6 is 0 Å². The Bertz CT molecular complexity index is 1180. The minimum atomic E-state index is -4.24. The first-order valence-electron chi connectivity index (χ1n) is 13.5. The Labute approximate surface area is 228 Å². The van der Waals surface area contributed by atoms with Crippen LogP contribution in [0.1, 0.15) is 44.7 Å². The number of alkyl halides is 3. The summed E-state index contributed by atoms with van der Waals surface area (Å²) in [6.07, 6.45) is -3.44. The molecule has 3 heterocycles. The molecular formula is C26H38F3N5O4S. The topological polar surface area (TPSA) is 85.4 Å². The van der Waals surface area contributed by atoms with Gasteiger partial charge in [0.05, 0.1) is 30.6 Å². The maximum atomic E-state index is 13.6. The van der Waals surface area contributed by atoms with Crippen molar-refractivity contribution < 1.29 is 31.1 Å². The summed E-state index contributed by atoms with van der Waals surface area (Å²) in [7, 11) is -2.03. The van der Waals surface area contributed by atoms with Crippen molar-refractivity contribution in [3.63, 3.8) is 0 Å². The van der Waals surface area contributed by atoms with Crippen molar-refractivity contribution >= 4 is 15.9 Å². The van der Waals surface area contributed by atoms with E-state index in [1.54, 1.807) is 17.0 Å². The van der Waals surface area contributed by atoms with Crippen LogP contribution in [0, 0.1) is 0 Å². The molecule has 1 aromatic carbocycles. The third kappa shape index (κ3) is 6.69. The van der Waals surface area contributed by atoms with Crippen LogP contribution in [0.2, 0.25) is 0 Å². The molecule has 3 aliphatic rings. The number of hydrogen-bond donors (Lipinski definition) is 1. The van der Waals surface area contributed by atoms with E-state index in [0.29, 0.717) is 36.8 Å². The van der Waals surface area contributed by atoms with Crippen molar-refractivity contribution in [1.29, 1.82) is 0 Å². The number of likely N-dealkylation sites (N-methyl/N-ethyl adjacent to an activating group) is 1. The zero-order valence-corrected chi connectivity index (χ0v) is 23.6. The van der Waals surface area contributed by atoms with Crippen molar-refractivity contribution in [2.45, 2.75) is 50.2 Å². The van der Waals surface area contributed by atoms with Crippen LogP contribution in [0.5, 0.6) is 5.75 Å². The van der Waals surface area contributed by atoms with E-state index < -0.39 is 28.7 Å². The van der Waals surface area contributed by atoms with Gasteiger partial charge in [-0.05, 0) is 43.2 Å².